The van der Waals surface area contributed by atoms with Gasteiger partial charge in [-0.3, -0.25) is 9.59 Å². The van der Waals surface area contributed by atoms with Gasteiger partial charge in [-0.05, 0) is 25.2 Å². The van der Waals surface area contributed by atoms with E-state index in [1.54, 1.807) is 0 Å². The summed E-state index contributed by atoms with van der Waals surface area (Å²) in [4.78, 5) is 22.2. The Labute approximate surface area is 95.0 Å². The van der Waals surface area contributed by atoms with Crippen molar-refractivity contribution >= 4 is 11.8 Å². The predicted octanol–water partition coefficient (Wildman–Crippen LogP) is 1.39. The number of aliphatic carboxylic acids is 1. The van der Waals surface area contributed by atoms with Crippen molar-refractivity contribution in [3.05, 3.63) is 12.2 Å². The molecule has 0 heterocycles. The Morgan fingerprint density at radius 3 is 2.88 bits per heavy atom. The maximum atomic E-state index is 11.5. The van der Waals surface area contributed by atoms with Crippen LogP contribution >= 0.6 is 0 Å². The van der Waals surface area contributed by atoms with Gasteiger partial charge in [0.05, 0.1) is 0 Å². The third kappa shape index (κ3) is 3.77. The quantitative estimate of drug-likeness (QED) is 0.530. The zero-order valence-electron chi connectivity index (χ0n) is 9.26. The molecule has 16 heavy (non-hydrogen) atoms. The Morgan fingerprint density at radius 2 is 2.25 bits per heavy atom. The monoisotopic (exact) mass is 226 g/mol. The average Bonchev–Trinajstić information content (AvgIpc) is 2.55. The van der Waals surface area contributed by atoms with Crippen LogP contribution in [-0.4, -0.2) is 28.6 Å². The first kappa shape index (κ1) is 12.9. The number of carboxylic acids is 1. The SMILES string of the molecule is O=C(O)CC1CCC(=O)C1C=CCCCO. The highest BCUT2D eigenvalue weighted by molar-refractivity contribution is 5.85. The lowest BCUT2D eigenvalue weighted by molar-refractivity contribution is -0.138. The Kier molecular flexibility index (Phi) is 5.19. The molecule has 2 unspecified atom stereocenters. The summed E-state index contributed by atoms with van der Waals surface area (Å²) in [6.07, 6.45) is 6.35. The van der Waals surface area contributed by atoms with Crippen molar-refractivity contribution in [1.82, 2.24) is 0 Å². The average molecular weight is 226 g/mol. The number of carboxylic acid groups (broad SMARTS) is 1. The number of carbonyl (C=O) groups is 2. The van der Waals surface area contributed by atoms with Gasteiger partial charge in [0.15, 0.2) is 0 Å². The first-order valence-electron chi connectivity index (χ1n) is 5.67. The molecular weight excluding hydrogens is 208 g/mol. The fourth-order valence-electron chi connectivity index (χ4n) is 2.11. The van der Waals surface area contributed by atoms with E-state index in [1.807, 2.05) is 12.2 Å². The first-order chi connectivity index (χ1) is 7.65. The van der Waals surface area contributed by atoms with Crippen LogP contribution < -0.4 is 0 Å². The summed E-state index contributed by atoms with van der Waals surface area (Å²) in [5.74, 6) is -0.967. The zero-order valence-corrected chi connectivity index (χ0v) is 9.26. The molecule has 2 N–H and O–H groups in total. The molecule has 4 heteroatoms. The van der Waals surface area contributed by atoms with E-state index < -0.39 is 5.97 Å². The van der Waals surface area contributed by atoms with Crippen LogP contribution in [-0.2, 0) is 9.59 Å². The van der Waals surface area contributed by atoms with E-state index in [1.165, 1.54) is 0 Å². The molecule has 2 atom stereocenters. The van der Waals surface area contributed by atoms with Gasteiger partial charge >= 0.3 is 5.97 Å². The third-order valence-electron chi connectivity index (χ3n) is 2.95. The van der Waals surface area contributed by atoms with E-state index in [0.717, 1.165) is 6.42 Å². The molecule has 1 saturated carbocycles. The number of hydrogen-bond donors (Lipinski definition) is 2. The molecule has 1 rings (SSSR count). The molecule has 0 aromatic heterocycles. The lowest BCUT2D eigenvalue weighted by Gasteiger charge is -2.11. The van der Waals surface area contributed by atoms with Crippen molar-refractivity contribution in [2.24, 2.45) is 11.8 Å². The van der Waals surface area contributed by atoms with E-state index in [2.05, 4.69) is 0 Å². The van der Waals surface area contributed by atoms with E-state index in [-0.39, 0.29) is 30.6 Å². The summed E-state index contributed by atoms with van der Waals surface area (Å²) in [6.45, 7) is 0.140. The molecule has 1 aliphatic rings. The van der Waals surface area contributed by atoms with Crippen LogP contribution in [0, 0.1) is 11.8 Å². The highest BCUT2D eigenvalue weighted by atomic mass is 16.4. The predicted molar refractivity (Wildman–Crippen MR) is 58.9 cm³/mol. The number of aliphatic hydroxyl groups excluding tert-OH is 1. The van der Waals surface area contributed by atoms with Crippen LogP contribution in [0.4, 0.5) is 0 Å². The second-order valence-corrected chi connectivity index (χ2v) is 4.18. The van der Waals surface area contributed by atoms with E-state index in [4.69, 9.17) is 10.2 Å². The Hall–Kier alpha value is -1.16. The van der Waals surface area contributed by atoms with Crippen LogP contribution in [0.2, 0.25) is 0 Å². The number of ketones is 1. The summed E-state index contributed by atoms with van der Waals surface area (Å²) in [7, 11) is 0. The second kappa shape index (κ2) is 6.43. The van der Waals surface area contributed by atoms with Gasteiger partial charge < -0.3 is 10.2 Å². The number of unbranched alkanes of at least 4 members (excludes halogenated alkanes) is 1. The molecule has 90 valence electrons. The first-order valence-corrected chi connectivity index (χ1v) is 5.67. The van der Waals surface area contributed by atoms with Crippen molar-refractivity contribution in [2.75, 3.05) is 6.61 Å². The van der Waals surface area contributed by atoms with Crippen molar-refractivity contribution in [3.8, 4) is 0 Å². The summed E-state index contributed by atoms with van der Waals surface area (Å²) in [5.41, 5.74) is 0. The number of Topliss-reactive ketones (excluding diaryl/α,β-unsaturated/α-hetero) is 1. The minimum atomic E-state index is -0.839. The molecule has 0 amide bonds. The van der Waals surface area contributed by atoms with Crippen LogP contribution in [0.5, 0.6) is 0 Å². The summed E-state index contributed by atoms with van der Waals surface area (Å²) in [6, 6.07) is 0. The molecule has 1 fully saturated rings. The Bertz CT molecular complexity index is 283. The number of allylic oxidation sites excluding steroid dienone is 2. The van der Waals surface area contributed by atoms with Crippen molar-refractivity contribution < 1.29 is 19.8 Å². The molecule has 0 spiro atoms. The maximum Gasteiger partial charge on any atom is 0.303 e. The number of aliphatic hydroxyl groups is 1. The van der Waals surface area contributed by atoms with Gasteiger partial charge in [-0.1, -0.05) is 12.2 Å². The molecule has 0 aromatic rings. The third-order valence-corrected chi connectivity index (χ3v) is 2.95. The fraction of sp³-hybridized carbons (Fsp3) is 0.667. The molecule has 0 aliphatic heterocycles. The Balaban J connectivity index is 2.49. The van der Waals surface area contributed by atoms with Crippen LogP contribution in [0.3, 0.4) is 0 Å². The highest BCUT2D eigenvalue weighted by Crippen LogP contribution is 2.32. The molecule has 4 nitrogen and oxygen atoms in total. The minimum absolute atomic E-state index is 0.0459. The normalized spacial score (nSPS) is 25.4. The molecule has 1 aliphatic carbocycles. The zero-order chi connectivity index (χ0) is 12.0. The van der Waals surface area contributed by atoms with Crippen molar-refractivity contribution in [2.45, 2.75) is 32.1 Å². The topological polar surface area (TPSA) is 74.6 Å². The fourth-order valence-corrected chi connectivity index (χ4v) is 2.11. The summed E-state index contributed by atoms with van der Waals surface area (Å²) >= 11 is 0. The van der Waals surface area contributed by atoms with Gasteiger partial charge in [-0.15, -0.1) is 0 Å². The van der Waals surface area contributed by atoms with Crippen molar-refractivity contribution in [3.63, 3.8) is 0 Å². The van der Waals surface area contributed by atoms with Gasteiger partial charge in [0.25, 0.3) is 0 Å². The minimum Gasteiger partial charge on any atom is -0.481 e. The van der Waals surface area contributed by atoms with Gasteiger partial charge in [-0.2, -0.15) is 0 Å². The Morgan fingerprint density at radius 1 is 1.50 bits per heavy atom. The van der Waals surface area contributed by atoms with E-state index >= 15 is 0 Å². The molecule has 0 radical (unpaired) electrons. The van der Waals surface area contributed by atoms with Crippen LogP contribution in [0.15, 0.2) is 12.2 Å². The van der Waals surface area contributed by atoms with Gasteiger partial charge in [0.2, 0.25) is 0 Å². The molecular formula is C12H18O4. The van der Waals surface area contributed by atoms with Gasteiger partial charge in [0, 0.05) is 25.4 Å². The van der Waals surface area contributed by atoms with Crippen LogP contribution in [0.25, 0.3) is 0 Å². The second-order valence-electron chi connectivity index (χ2n) is 4.18. The molecule has 0 bridgehead atoms. The lowest BCUT2D eigenvalue weighted by atomic mass is 9.92. The van der Waals surface area contributed by atoms with Crippen LogP contribution in [0.1, 0.15) is 32.1 Å². The lowest BCUT2D eigenvalue weighted by Crippen LogP contribution is -2.15. The summed E-state index contributed by atoms with van der Waals surface area (Å²) in [5, 5.41) is 17.3. The maximum absolute atomic E-state index is 11.5. The standard InChI is InChI=1S/C12H18O4/c13-7-3-1-2-4-10-9(8-12(15)16)5-6-11(10)14/h2,4,9-10,13H,1,3,5-8H2,(H,15,16). The van der Waals surface area contributed by atoms with Gasteiger partial charge in [-0.25, -0.2) is 0 Å². The number of carbonyl (C=O) groups excluding carboxylic acids is 1. The number of rotatable bonds is 6. The highest BCUT2D eigenvalue weighted by Gasteiger charge is 2.33. The summed E-state index contributed by atoms with van der Waals surface area (Å²) < 4.78 is 0. The van der Waals surface area contributed by atoms with Gasteiger partial charge in [0.1, 0.15) is 5.78 Å². The molecule has 0 aromatic carbocycles. The van der Waals surface area contributed by atoms with E-state index in [9.17, 15) is 9.59 Å². The van der Waals surface area contributed by atoms with Crippen molar-refractivity contribution in [1.29, 1.82) is 0 Å². The number of hydrogen-bond acceptors (Lipinski definition) is 3. The largest absolute Gasteiger partial charge is 0.481 e. The molecule has 0 saturated heterocycles. The smallest absolute Gasteiger partial charge is 0.303 e. The van der Waals surface area contributed by atoms with E-state index in [0.29, 0.717) is 19.3 Å².